The zero-order valence-corrected chi connectivity index (χ0v) is 18.2. The lowest BCUT2D eigenvalue weighted by atomic mass is 9.84. The Hall–Kier alpha value is -2.89. The van der Waals surface area contributed by atoms with Crippen molar-refractivity contribution in [1.29, 1.82) is 0 Å². The first-order valence-corrected chi connectivity index (χ1v) is 11.4. The third-order valence-corrected chi connectivity index (χ3v) is 7.20. The number of rotatable bonds is 7. The van der Waals surface area contributed by atoms with Gasteiger partial charge in [0.2, 0.25) is 0 Å². The number of carbonyl (C=O) groups excluding carboxylic acids is 1. The second-order valence-corrected chi connectivity index (χ2v) is 8.92. The van der Waals surface area contributed by atoms with Gasteiger partial charge in [-0.3, -0.25) is 0 Å². The number of hydrogen-bond acceptors (Lipinski definition) is 5. The van der Waals surface area contributed by atoms with Crippen molar-refractivity contribution in [2.75, 3.05) is 6.61 Å². The monoisotopic (exact) mass is 431 g/mol. The Kier molecular flexibility index (Phi) is 6.31. The van der Waals surface area contributed by atoms with Crippen LogP contribution in [-0.2, 0) is 9.48 Å². The molecular formula is C25H21NO2S2. The molecule has 30 heavy (non-hydrogen) atoms. The summed E-state index contributed by atoms with van der Waals surface area (Å²) < 4.78 is 5.43. The predicted molar refractivity (Wildman–Crippen MR) is 123 cm³/mol. The minimum atomic E-state index is -0.506. The second-order valence-electron chi connectivity index (χ2n) is 6.60. The van der Waals surface area contributed by atoms with E-state index in [4.69, 9.17) is 4.74 Å². The van der Waals surface area contributed by atoms with Gasteiger partial charge in [-0.2, -0.15) is 0 Å². The molecule has 1 aromatic heterocycles. The molecule has 0 aliphatic rings. The molecule has 0 unspecified atom stereocenters. The number of hydrogen-bond donors (Lipinski definition) is 0. The molecule has 1 heterocycles. The quantitative estimate of drug-likeness (QED) is 0.193. The molecule has 0 N–H and O–H groups in total. The third-order valence-electron chi connectivity index (χ3n) is 4.75. The molecule has 5 heteroatoms. The largest absolute Gasteiger partial charge is 0.461 e. The molecule has 3 aromatic carbocycles. The number of thioether (sulfide) groups is 1. The number of ether oxygens (including phenoxy) is 1. The minimum absolute atomic E-state index is 0.334. The van der Waals surface area contributed by atoms with Crippen LogP contribution in [0, 0.1) is 0 Å². The van der Waals surface area contributed by atoms with Crippen molar-refractivity contribution < 1.29 is 9.53 Å². The Balaban J connectivity index is 1.88. The van der Waals surface area contributed by atoms with E-state index in [0.717, 1.165) is 21.0 Å². The Morgan fingerprint density at radius 1 is 0.867 bits per heavy atom. The van der Waals surface area contributed by atoms with Crippen LogP contribution in [0.4, 0.5) is 0 Å². The highest BCUT2D eigenvalue weighted by Gasteiger charge is 2.38. The summed E-state index contributed by atoms with van der Waals surface area (Å²) in [5, 5.41) is 1.77. The van der Waals surface area contributed by atoms with Crippen LogP contribution < -0.4 is 0 Å². The predicted octanol–water partition coefficient (Wildman–Crippen LogP) is 6.40. The molecule has 0 atom stereocenters. The Bertz CT molecular complexity index is 999. The highest BCUT2D eigenvalue weighted by Crippen LogP contribution is 2.52. The van der Waals surface area contributed by atoms with E-state index >= 15 is 0 Å². The minimum Gasteiger partial charge on any atom is -0.461 e. The first-order valence-electron chi connectivity index (χ1n) is 9.72. The number of nitrogens with zero attached hydrogens (tertiary/aromatic N) is 1. The Morgan fingerprint density at radius 3 is 1.77 bits per heavy atom. The first-order chi connectivity index (χ1) is 14.7. The van der Waals surface area contributed by atoms with Crippen LogP contribution in [0.15, 0.2) is 101 Å². The molecule has 0 aliphatic carbocycles. The van der Waals surface area contributed by atoms with Gasteiger partial charge < -0.3 is 4.74 Å². The molecule has 4 aromatic rings. The fourth-order valence-corrected chi connectivity index (χ4v) is 5.82. The number of esters is 1. The van der Waals surface area contributed by atoms with Crippen molar-refractivity contribution in [3.8, 4) is 0 Å². The second kappa shape index (κ2) is 9.28. The SMILES string of the molecule is CCOC(=O)c1csc(SC(c2ccccc2)(c2ccccc2)c2ccccc2)n1. The Morgan fingerprint density at radius 2 is 1.33 bits per heavy atom. The lowest BCUT2D eigenvalue weighted by Gasteiger charge is -2.34. The van der Waals surface area contributed by atoms with Crippen molar-refractivity contribution in [3.05, 3.63) is 119 Å². The van der Waals surface area contributed by atoms with E-state index in [-0.39, 0.29) is 5.97 Å². The van der Waals surface area contributed by atoms with E-state index in [1.54, 1.807) is 24.1 Å². The lowest BCUT2D eigenvalue weighted by molar-refractivity contribution is 0.0520. The van der Waals surface area contributed by atoms with Crippen molar-refractivity contribution in [3.63, 3.8) is 0 Å². The third kappa shape index (κ3) is 4.04. The summed E-state index contributed by atoms with van der Waals surface area (Å²) in [5.41, 5.74) is 3.81. The molecule has 0 fully saturated rings. The highest BCUT2D eigenvalue weighted by molar-refractivity contribution is 8.02. The number of thiazole rings is 1. The van der Waals surface area contributed by atoms with E-state index in [1.165, 1.54) is 11.3 Å². The molecule has 0 bridgehead atoms. The molecule has 150 valence electrons. The number of benzene rings is 3. The average molecular weight is 432 g/mol. The average Bonchev–Trinajstić information content (AvgIpc) is 3.28. The van der Waals surface area contributed by atoms with E-state index in [0.29, 0.717) is 12.3 Å². The molecule has 0 radical (unpaired) electrons. The summed E-state index contributed by atoms with van der Waals surface area (Å²) in [6.45, 7) is 2.13. The molecule has 0 saturated heterocycles. The van der Waals surface area contributed by atoms with Gasteiger partial charge in [-0.1, -0.05) is 103 Å². The van der Waals surface area contributed by atoms with Crippen LogP contribution in [0.5, 0.6) is 0 Å². The van der Waals surface area contributed by atoms with E-state index in [9.17, 15) is 4.79 Å². The first kappa shape index (κ1) is 20.4. The molecule has 0 amide bonds. The van der Waals surface area contributed by atoms with Gasteiger partial charge in [0.1, 0.15) is 0 Å². The fourth-order valence-electron chi connectivity index (χ4n) is 3.43. The lowest BCUT2D eigenvalue weighted by Crippen LogP contribution is -2.25. The van der Waals surface area contributed by atoms with Gasteiger partial charge in [0.05, 0.1) is 11.4 Å². The normalized spacial score (nSPS) is 11.2. The summed E-state index contributed by atoms with van der Waals surface area (Å²) in [5.74, 6) is -0.384. The maximum absolute atomic E-state index is 12.1. The summed E-state index contributed by atoms with van der Waals surface area (Å²) in [6.07, 6.45) is 0. The smallest absolute Gasteiger partial charge is 0.357 e. The molecular weight excluding hydrogens is 410 g/mol. The van der Waals surface area contributed by atoms with Crippen LogP contribution in [0.3, 0.4) is 0 Å². The van der Waals surface area contributed by atoms with Gasteiger partial charge in [-0.15, -0.1) is 11.3 Å². The van der Waals surface area contributed by atoms with Crippen molar-refractivity contribution in [2.24, 2.45) is 0 Å². The van der Waals surface area contributed by atoms with Crippen LogP contribution >= 0.6 is 23.1 Å². The van der Waals surface area contributed by atoms with Gasteiger partial charge in [-0.05, 0) is 23.6 Å². The number of aromatic nitrogens is 1. The summed E-state index contributed by atoms with van der Waals surface area (Å²) in [6, 6.07) is 31.3. The van der Waals surface area contributed by atoms with Crippen LogP contribution in [0.2, 0.25) is 0 Å². The van der Waals surface area contributed by atoms with Crippen LogP contribution in [-0.4, -0.2) is 17.6 Å². The molecule has 0 spiro atoms. The van der Waals surface area contributed by atoms with Crippen molar-refractivity contribution in [2.45, 2.75) is 16.0 Å². The topological polar surface area (TPSA) is 39.2 Å². The maximum atomic E-state index is 12.1. The van der Waals surface area contributed by atoms with Gasteiger partial charge >= 0.3 is 5.97 Å². The molecule has 3 nitrogen and oxygen atoms in total. The summed E-state index contributed by atoms with van der Waals surface area (Å²) >= 11 is 3.12. The van der Waals surface area contributed by atoms with E-state index < -0.39 is 4.75 Å². The van der Waals surface area contributed by atoms with Gasteiger partial charge in [0, 0.05) is 5.38 Å². The van der Waals surface area contributed by atoms with E-state index in [1.807, 2.05) is 18.2 Å². The fraction of sp³-hybridized carbons (Fsp3) is 0.120. The van der Waals surface area contributed by atoms with E-state index in [2.05, 4.69) is 77.8 Å². The van der Waals surface area contributed by atoms with Gasteiger partial charge in [-0.25, -0.2) is 9.78 Å². The van der Waals surface area contributed by atoms with Gasteiger partial charge in [0.15, 0.2) is 10.0 Å². The molecule has 0 aliphatic heterocycles. The van der Waals surface area contributed by atoms with Gasteiger partial charge in [0.25, 0.3) is 0 Å². The summed E-state index contributed by atoms with van der Waals surface area (Å²) in [7, 11) is 0. The van der Waals surface area contributed by atoms with Crippen molar-refractivity contribution in [1.82, 2.24) is 4.98 Å². The zero-order chi connectivity index (χ0) is 20.8. The summed E-state index contributed by atoms with van der Waals surface area (Å²) in [4.78, 5) is 16.7. The highest BCUT2D eigenvalue weighted by atomic mass is 32.2. The molecule has 0 saturated carbocycles. The number of carbonyl (C=O) groups is 1. The zero-order valence-electron chi connectivity index (χ0n) is 16.5. The van der Waals surface area contributed by atoms with Crippen molar-refractivity contribution >= 4 is 29.1 Å². The Labute approximate surface area is 184 Å². The van der Waals surface area contributed by atoms with Crippen LogP contribution in [0.1, 0.15) is 34.1 Å². The molecule has 4 rings (SSSR count). The van der Waals surface area contributed by atoms with Crippen LogP contribution in [0.25, 0.3) is 0 Å². The standard InChI is InChI=1S/C25H21NO2S2/c1-2-28-23(27)22-18-29-24(26-22)30-25(19-12-6-3-7-13-19,20-14-8-4-9-15-20)21-16-10-5-11-17-21/h3-18H,2H2,1H3. The maximum Gasteiger partial charge on any atom is 0.357 e.